The highest BCUT2D eigenvalue weighted by Crippen LogP contribution is 2.45. The molecule has 52 heavy (non-hydrogen) atoms. The number of para-hydroxylation sites is 2. The lowest BCUT2D eigenvalue weighted by Crippen LogP contribution is -2.06. The average molecular weight is 669 g/mol. The minimum Gasteiger partial charge on any atom is -0.313 e. The molecule has 0 amide bonds. The van der Waals surface area contributed by atoms with Crippen LogP contribution in [0.5, 0.6) is 0 Å². The Hall–Kier alpha value is -6.66. The normalized spacial score (nSPS) is 13.6. The standard InChI is InChI=1S/C46H32N6/c1-3-9-33(10-4-1)51-41-17-15-31(45-47-19-7-20-48-45)25-37(41)39-23-29-13-14-30-24-40-38-26-32(46-49-21-8-22-50-46)16-18-42(38)52(34-11-5-2-6-12-34)44(40)28-36(30)35(29)27-43(39)51/h1-12,15,17,19-28H,13-14,16,18H2. The summed E-state index contributed by atoms with van der Waals surface area (Å²) in [6, 6.07) is 41.7. The summed E-state index contributed by atoms with van der Waals surface area (Å²) in [5.41, 5.74) is 16.2. The minimum absolute atomic E-state index is 0.739. The second-order valence-corrected chi connectivity index (χ2v) is 13.8. The van der Waals surface area contributed by atoms with Crippen LogP contribution in [-0.2, 0) is 19.3 Å². The molecule has 2 aliphatic rings. The first-order chi connectivity index (χ1) is 25.8. The molecule has 6 heteroatoms. The highest BCUT2D eigenvalue weighted by atomic mass is 15.0. The Bertz CT molecular complexity index is 2870. The van der Waals surface area contributed by atoms with Crippen LogP contribution in [0.15, 0.2) is 140 Å². The number of rotatable bonds is 4. The maximum absolute atomic E-state index is 4.61. The topological polar surface area (TPSA) is 61.4 Å². The number of fused-ring (bicyclic) bond motifs is 9. The van der Waals surface area contributed by atoms with Crippen molar-refractivity contribution in [3.8, 4) is 33.9 Å². The predicted octanol–water partition coefficient (Wildman–Crippen LogP) is 10.2. The van der Waals surface area contributed by atoms with Gasteiger partial charge < -0.3 is 9.13 Å². The van der Waals surface area contributed by atoms with Gasteiger partial charge in [-0.1, -0.05) is 36.4 Å². The van der Waals surface area contributed by atoms with Crippen molar-refractivity contribution in [2.24, 2.45) is 0 Å². The van der Waals surface area contributed by atoms with E-state index < -0.39 is 0 Å². The van der Waals surface area contributed by atoms with Crippen molar-refractivity contribution in [2.75, 3.05) is 0 Å². The number of hydrogen-bond acceptors (Lipinski definition) is 4. The van der Waals surface area contributed by atoms with Crippen LogP contribution in [0.1, 0.15) is 34.6 Å². The van der Waals surface area contributed by atoms with Gasteiger partial charge in [-0.25, -0.2) is 19.9 Å². The fraction of sp³-hybridized carbons (Fsp3) is 0.0870. The van der Waals surface area contributed by atoms with Crippen LogP contribution in [0, 0.1) is 0 Å². The quantitative estimate of drug-likeness (QED) is 0.187. The Labute approximate surface area is 300 Å². The van der Waals surface area contributed by atoms with E-state index in [1.807, 2.05) is 36.9 Å². The Morgan fingerprint density at radius 2 is 1.02 bits per heavy atom. The number of allylic oxidation sites excluding steroid dienone is 1. The van der Waals surface area contributed by atoms with E-state index in [1.54, 1.807) is 0 Å². The maximum atomic E-state index is 4.61. The zero-order valence-electron chi connectivity index (χ0n) is 28.4. The molecule has 0 spiro atoms. The van der Waals surface area contributed by atoms with Gasteiger partial charge in [-0.05, 0) is 138 Å². The second kappa shape index (κ2) is 11.4. The fourth-order valence-corrected chi connectivity index (χ4v) is 8.61. The molecule has 6 nitrogen and oxygen atoms in total. The first kappa shape index (κ1) is 29.1. The van der Waals surface area contributed by atoms with Crippen molar-refractivity contribution in [2.45, 2.75) is 25.7 Å². The Balaban J connectivity index is 1.16. The summed E-state index contributed by atoms with van der Waals surface area (Å²) in [5, 5.41) is 3.76. The number of benzene rings is 5. The van der Waals surface area contributed by atoms with Crippen molar-refractivity contribution in [1.29, 1.82) is 0 Å². The third-order valence-corrected chi connectivity index (χ3v) is 10.9. The third kappa shape index (κ3) is 4.44. The zero-order chi connectivity index (χ0) is 34.2. The summed E-state index contributed by atoms with van der Waals surface area (Å²) in [6.07, 6.45) is 13.5. The molecular weight excluding hydrogens is 637 g/mol. The van der Waals surface area contributed by atoms with E-state index in [1.165, 1.54) is 77.5 Å². The van der Waals surface area contributed by atoms with Gasteiger partial charge in [-0.15, -0.1) is 0 Å². The van der Waals surface area contributed by atoms with Gasteiger partial charge in [0.2, 0.25) is 0 Å². The minimum atomic E-state index is 0.739. The summed E-state index contributed by atoms with van der Waals surface area (Å²) in [4.78, 5) is 18.3. The molecule has 9 aromatic rings. The van der Waals surface area contributed by atoms with E-state index in [0.29, 0.717) is 0 Å². The van der Waals surface area contributed by atoms with Crippen molar-refractivity contribution in [1.82, 2.24) is 29.1 Å². The number of hydrogen-bond donors (Lipinski definition) is 0. The molecule has 4 aromatic heterocycles. The lowest BCUT2D eigenvalue weighted by molar-refractivity contribution is 0.888. The van der Waals surface area contributed by atoms with Crippen molar-refractivity contribution in [3.05, 3.63) is 168 Å². The number of aromatic nitrogens is 6. The van der Waals surface area contributed by atoms with E-state index in [9.17, 15) is 0 Å². The first-order valence-corrected chi connectivity index (χ1v) is 18.0. The average Bonchev–Trinajstić information content (AvgIpc) is 3.71. The summed E-state index contributed by atoms with van der Waals surface area (Å²) >= 11 is 0. The summed E-state index contributed by atoms with van der Waals surface area (Å²) in [6.45, 7) is 0. The highest BCUT2D eigenvalue weighted by molar-refractivity contribution is 6.12. The molecule has 0 saturated heterocycles. The molecule has 0 aliphatic heterocycles. The smallest absolute Gasteiger partial charge is 0.159 e. The van der Waals surface area contributed by atoms with Crippen LogP contribution in [0.25, 0.3) is 78.2 Å². The Morgan fingerprint density at radius 3 is 1.69 bits per heavy atom. The van der Waals surface area contributed by atoms with E-state index >= 15 is 0 Å². The van der Waals surface area contributed by atoms with Gasteiger partial charge in [-0.2, -0.15) is 0 Å². The molecule has 11 rings (SSSR count). The Morgan fingerprint density at radius 1 is 0.442 bits per heavy atom. The van der Waals surface area contributed by atoms with Crippen molar-refractivity contribution >= 4 is 44.4 Å². The molecule has 0 radical (unpaired) electrons. The highest BCUT2D eigenvalue weighted by Gasteiger charge is 2.27. The first-order valence-electron chi connectivity index (χ1n) is 18.0. The molecule has 0 N–H and O–H groups in total. The van der Waals surface area contributed by atoms with Crippen LogP contribution in [0.3, 0.4) is 0 Å². The van der Waals surface area contributed by atoms with Gasteiger partial charge in [0.15, 0.2) is 11.6 Å². The van der Waals surface area contributed by atoms with Crippen molar-refractivity contribution in [3.63, 3.8) is 0 Å². The third-order valence-electron chi connectivity index (χ3n) is 10.9. The van der Waals surface area contributed by atoms with Crippen LogP contribution >= 0.6 is 0 Å². The fourth-order valence-electron chi connectivity index (χ4n) is 8.61. The monoisotopic (exact) mass is 668 g/mol. The zero-order valence-corrected chi connectivity index (χ0v) is 28.4. The summed E-state index contributed by atoms with van der Waals surface area (Å²) in [5.74, 6) is 1.56. The summed E-state index contributed by atoms with van der Waals surface area (Å²) in [7, 11) is 0. The lowest BCUT2D eigenvalue weighted by Gasteiger charge is -2.22. The molecule has 5 aromatic carbocycles. The van der Waals surface area contributed by atoms with Crippen LogP contribution in [-0.4, -0.2) is 29.1 Å². The van der Waals surface area contributed by atoms with E-state index in [2.05, 4.69) is 138 Å². The number of aryl methyl sites for hydroxylation is 2. The van der Waals surface area contributed by atoms with Gasteiger partial charge in [0.1, 0.15) is 0 Å². The molecule has 4 heterocycles. The second-order valence-electron chi connectivity index (χ2n) is 13.8. The van der Waals surface area contributed by atoms with E-state index in [0.717, 1.165) is 48.6 Å². The molecule has 0 bridgehead atoms. The van der Waals surface area contributed by atoms with Gasteiger partial charge in [-0.3, -0.25) is 0 Å². The Kier molecular flexibility index (Phi) is 6.40. The van der Waals surface area contributed by atoms with Crippen LogP contribution in [0.2, 0.25) is 0 Å². The lowest BCUT2D eigenvalue weighted by atomic mass is 9.83. The molecule has 246 valence electrons. The van der Waals surface area contributed by atoms with Crippen LogP contribution in [0.4, 0.5) is 0 Å². The SMILES string of the molecule is C1=C(c2ncccn2)CCc2c1c1cc3c(cc1n2-c1ccccc1)-c1cc2c(cc1CC3)c1cc(-c3ncccn3)ccc1n2-c1ccccc1. The van der Waals surface area contributed by atoms with E-state index in [4.69, 9.17) is 0 Å². The predicted molar refractivity (Wildman–Crippen MR) is 210 cm³/mol. The van der Waals surface area contributed by atoms with Gasteiger partial charge in [0, 0.05) is 69.1 Å². The molecule has 0 unspecified atom stereocenters. The molecule has 0 saturated carbocycles. The van der Waals surface area contributed by atoms with E-state index in [-0.39, 0.29) is 0 Å². The van der Waals surface area contributed by atoms with Gasteiger partial charge >= 0.3 is 0 Å². The van der Waals surface area contributed by atoms with Gasteiger partial charge in [0.05, 0.1) is 16.6 Å². The molecular formula is C46H32N6. The summed E-state index contributed by atoms with van der Waals surface area (Å²) < 4.78 is 4.90. The molecule has 2 aliphatic carbocycles. The largest absolute Gasteiger partial charge is 0.313 e. The molecule has 0 atom stereocenters. The number of nitrogens with zero attached hydrogens (tertiary/aromatic N) is 6. The van der Waals surface area contributed by atoms with Gasteiger partial charge in [0.25, 0.3) is 0 Å². The van der Waals surface area contributed by atoms with Crippen LogP contribution < -0.4 is 0 Å². The molecule has 0 fully saturated rings. The maximum Gasteiger partial charge on any atom is 0.159 e. The van der Waals surface area contributed by atoms with Crippen molar-refractivity contribution < 1.29 is 0 Å².